The van der Waals surface area contributed by atoms with Crippen LogP contribution in [-0.2, 0) is 4.74 Å². The van der Waals surface area contributed by atoms with Gasteiger partial charge in [-0.05, 0) is 13.3 Å². The Morgan fingerprint density at radius 2 is 2.14 bits per heavy atom. The van der Waals surface area contributed by atoms with Gasteiger partial charge in [-0.2, -0.15) is 0 Å². The Morgan fingerprint density at radius 1 is 1.57 bits per heavy atom. The molecule has 0 radical (unpaired) electrons. The molecular weight excluding hydrogens is 92.1 g/mol. The second kappa shape index (κ2) is 4.09. The minimum absolute atomic E-state index is 0.551. The third-order valence-electron chi connectivity index (χ3n) is 0.708. The molecule has 0 aromatic rings. The zero-order valence-electron chi connectivity index (χ0n) is 4.85. The van der Waals surface area contributed by atoms with Crippen LogP contribution in [-0.4, -0.2) is 18.0 Å². The van der Waals surface area contributed by atoms with Gasteiger partial charge in [0.25, 0.3) is 0 Å². The second-order valence-corrected chi connectivity index (χ2v) is 1.32. The lowest BCUT2D eigenvalue weighted by molar-refractivity contribution is -0.0953. The molecular formula is C5H12O2. The van der Waals surface area contributed by atoms with E-state index in [0.717, 1.165) is 0 Å². The first-order valence-corrected chi connectivity index (χ1v) is 2.61. The maximum absolute atomic E-state index is 8.64. The van der Waals surface area contributed by atoms with E-state index in [1.54, 1.807) is 0 Å². The van der Waals surface area contributed by atoms with Crippen LogP contribution in [0.5, 0.6) is 0 Å². The quantitative estimate of drug-likeness (QED) is 0.535. The van der Waals surface area contributed by atoms with Gasteiger partial charge < -0.3 is 9.84 Å². The lowest BCUT2D eigenvalue weighted by Gasteiger charge is -2.04. The summed E-state index contributed by atoms with van der Waals surface area (Å²) in [6.45, 7) is 4.33. The lowest BCUT2D eigenvalue weighted by atomic mass is 10.5. The molecule has 0 saturated carbocycles. The van der Waals surface area contributed by atoms with Gasteiger partial charge in [0.15, 0.2) is 6.29 Å². The molecule has 0 spiro atoms. The summed E-state index contributed by atoms with van der Waals surface area (Å²) < 4.78 is 4.75. The Labute approximate surface area is 44.1 Å². The fourth-order valence-electron chi connectivity index (χ4n) is 0.310. The molecule has 0 unspecified atom stereocenters. The number of hydrogen-bond donors (Lipinski definition) is 1. The summed E-state index contributed by atoms with van der Waals surface area (Å²) >= 11 is 0. The smallest absolute Gasteiger partial charge is 0.154 e. The van der Waals surface area contributed by atoms with Gasteiger partial charge in [0.2, 0.25) is 0 Å². The molecule has 0 aromatic carbocycles. The molecule has 1 atom stereocenters. The molecule has 0 saturated heterocycles. The van der Waals surface area contributed by atoms with Crippen LogP contribution in [0, 0.1) is 0 Å². The summed E-state index contributed by atoms with van der Waals surface area (Å²) in [5.41, 5.74) is 0. The lowest BCUT2D eigenvalue weighted by Crippen LogP contribution is -2.08. The molecule has 7 heavy (non-hydrogen) atoms. The first kappa shape index (κ1) is 6.92. The van der Waals surface area contributed by atoms with Crippen molar-refractivity contribution in [2.75, 3.05) is 6.61 Å². The van der Waals surface area contributed by atoms with Crippen molar-refractivity contribution in [3.63, 3.8) is 0 Å². The molecule has 44 valence electrons. The molecule has 1 N–H and O–H groups in total. The largest absolute Gasteiger partial charge is 0.368 e. The summed E-state index contributed by atoms with van der Waals surface area (Å²) in [6.07, 6.45) is 0.124. The van der Waals surface area contributed by atoms with Gasteiger partial charge in [-0.25, -0.2) is 0 Å². The van der Waals surface area contributed by atoms with Crippen molar-refractivity contribution in [1.29, 1.82) is 0 Å². The van der Waals surface area contributed by atoms with Crippen molar-refractivity contribution in [3.8, 4) is 0 Å². The predicted molar refractivity (Wildman–Crippen MR) is 27.9 cm³/mol. The fourth-order valence-corrected chi connectivity index (χ4v) is 0.310. The Balaban J connectivity index is 2.83. The summed E-state index contributed by atoms with van der Waals surface area (Å²) in [5.74, 6) is 0. The SMILES string of the molecule is CCO[C@@H](O)CC. The van der Waals surface area contributed by atoms with E-state index in [1.165, 1.54) is 0 Å². The number of hydrogen-bond acceptors (Lipinski definition) is 2. The van der Waals surface area contributed by atoms with Gasteiger partial charge in [-0.1, -0.05) is 6.92 Å². The Bertz CT molecular complexity index is 37.1. The third kappa shape index (κ3) is 3.76. The van der Waals surface area contributed by atoms with Crippen LogP contribution in [0.25, 0.3) is 0 Å². The highest BCUT2D eigenvalue weighted by Crippen LogP contribution is 1.89. The maximum Gasteiger partial charge on any atom is 0.154 e. The summed E-state index contributed by atoms with van der Waals surface area (Å²) in [6, 6.07) is 0. The van der Waals surface area contributed by atoms with Crippen molar-refractivity contribution in [2.45, 2.75) is 26.6 Å². The fraction of sp³-hybridized carbons (Fsp3) is 1.00. The van der Waals surface area contributed by atoms with E-state index < -0.39 is 6.29 Å². The minimum atomic E-state index is -0.551. The molecule has 0 rings (SSSR count). The van der Waals surface area contributed by atoms with Crippen LogP contribution < -0.4 is 0 Å². The van der Waals surface area contributed by atoms with Crippen molar-refractivity contribution < 1.29 is 9.84 Å². The van der Waals surface area contributed by atoms with Crippen LogP contribution in [0.15, 0.2) is 0 Å². The van der Waals surface area contributed by atoms with E-state index in [-0.39, 0.29) is 0 Å². The molecule has 0 fully saturated rings. The van der Waals surface area contributed by atoms with E-state index >= 15 is 0 Å². The third-order valence-corrected chi connectivity index (χ3v) is 0.708. The van der Waals surface area contributed by atoms with Crippen LogP contribution >= 0.6 is 0 Å². The van der Waals surface area contributed by atoms with E-state index in [4.69, 9.17) is 9.84 Å². The highest BCUT2D eigenvalue weighted by Gasteiger charge is 1.93. The number of ether oxygens (including phenoxy) is 1. The summed E-state index contributed by atoms with van der Waals surface area (Å²) in [7, 11) is 0. The minimum Gasteiger partial charge on any atom is -0.368 e. The van der Waals surface area contributed by atoms with Gasteiger partial charge in [0.1, 0.15) is 0 Å². The molecule has 0 heterocycles. The highest BCUT2D eigenvalue weighted by atomic mass is 16.6. The van der Waals surface area contributed by atoms with Gasteiger partial charge in [-0.15, -0.1) is 0 Å². The van der Waals surface area contributed by atoms with Crippen molar-refractivity contribution in [3.05, 3.63) is 0 Å². The topological polar surface area (TPSA) is 29.5 Å². The van der Waals surface area contributed by atoms with Crippen LogP contribution in [0.4, 0.5) is 0 Å². The Hall–Kier alpha value is -0.0800. The second-order valence-electron chi connectivity index (χ2n) is 1.32. The van der Waals surface area contributed by atoms with E-state index in [0.29, 0.717) is 13.0 Å². The zero-order chi connectivity index (χ0) is 5.70. The first-order chi connectivity index (χ1) is 3.31. The van der Waals surface area contributed by atoms with E-state index in [1.807, 2.05) is 13.8 Å². The molecule has 2 heteroatoms. The molecule has 0 amide bonds. The Kier molecular flexibility index (Phi) is 4.04. The average Bonchev–Trinajstić information content (AvgIpc) is 1.68. The maximum atomic E-state index is 8.64. The van der Waals surface area contributed by atoms with Crippen molar-refractivity contribution in [1.82, 2.24) is 0 Å². The van der Waals surface area contributed by atoms with E-state index in [2.05, 4.69) is 0 Å². The van der Waals surface area contributed by atoms with Gasteiger partial charge in [0.05, 0.1) is 0 Å². The number of aliphatic hydroxyl groups excluding tert-OH is 1. The van der Waals surface area contributed by atoms with Crippen LogP contribution in [0.3, 0.4) is 0 Å². The molecule has 0 aliphatic heterocycles. The van der Waals surface area contributed by atoms with Gasteiger partial charge in [0, 0.05) is 6.61 Å². The first-order valence-electron chi connectivity index (χ1n) is 2.61. The summed E-state index contributed by atoms with van der Waals surface area (Å²) in [4.78, 5) is 0. The number of rotatable bonds is 3. The van der Waals surface area contributed by atoms with Gasteiger partial charge in [-0.3, -0.25) is 0 Å². The van der Waals surface area contributed by atoms with Gasteiger partial charge >= 0.3 is 0 Å². The average molecular weight is 104 g/mol. The molecule has 0 aliphatic carbocycles. The molecule has 0 aliphatic rings. The molecule has 2 nitrogen and oxygen atoms in total. The summed E-state index contributed by atoms with van der Waals surface area (Å²) in [5, 5.41) is 8.64. The molecule has 0 aromatic heterocycles. The predicted octanol–water partition coefficient (Wildman–Crippen LogP) is 0.751. The van der Waals surface area contributed by atoms with Crippen molar-refractivity contribution in [2.24, 2.45) is 0 Å². The van der Waals surface area contributed by atoms with Crippen LogP contribution in [0.2, 0.25) is 0 Å². The standard InChI is InChI=1S/C5H12O2/c1-3-5(6)7-4-2/h5-6H,3-4H2,1-2H3/t5-/m1/s1. The normalized spacial score (nSPS) is 14.1. The monoisotopic (exact) mass is 104 g/mol. The van der Waals surface area contributed by atoms with E-state index in [9.17, 15) is 0 Å². The molecule has 0 bridgehead atoms. The van der Waals surface area contributed by atoms with Crippen molar-refractivity contribution >= 4 is 0 Å². The highest BCUT2D eigenvalue weighted by molar-refractivity contribution is 4.29. The Morgan fingerprint density at radius 3 is 2.29 bits per heavy atom. The number of aliphatic hydroxyl groups is 1. The van der Waals surface area contributed by atoms with Crippen LogP contribution in [0.1, 0.15) is 20.3 Å². The zero-order valence-corrected chi connectivity index (χ0v) is 4.85.